The van der Waals surface area contributed by atoms with Gasteiger partial charge in [0.25, 0.3) is 5.91 Å². The van der Waals surface area contributed by atoms with E-state index in [1.807, 2.05) is 17.9 Å². The molecular weight excluding hydrogens is 477 g/mol. The Hall–Kier alpha value is -1.97. The molecule has 3 aliphatic heterocycles. The van der Waals surface area contributed by atoms with E-state index in [0.717, 1.165) is 44.7 Å². The van der Waals surface area contributed by atoms with Crippen LogP contribution in [0.4, 0.5) is 11.5 Å². The summed E-state index contributed by atoms with van der Waals surface area (Å²) in [6, 6.07) is 6.16. The highest BCUT2D eigenvalue weighted by Gasteiger charge is 2.39. The number of aromatic nitrogens is 2. The normalized spacial score (nSPS) is 24.0. The molecule has 3 aliphatic rings. The lowest BCUT2D eigenvalue weighted by Crippen LogP contribution is -2.60. The summed E-state index contributed by atoms with van der Waals surface area (Å²) in [6.45, 7) is 6.47. The van der Waals surface area contributed by atoms with Crippen LogP contribution in [-0.2, 0) is 9.47 Å². The number of benzene rings is 1. The maximum atomic E-state index is 13.4. The number of ether oxygens (including phenoxy) is 2. The highest BCUT2D eigenvalue weighted by Crippen LogP contribution is 2.30. The average molecular weight is 506 g/mol. The largest absolute Gasteiger partial charge is 0.379 e. The van der Waals surface area contributed by atoms with Crippen LogP contribution in [0.2, 0.25) is 10.0 Å². The fraction of sp³-hybridized carbons (Fsp3) is 0.542. The number of piperidine rings is 1. The maximum Gasteiger partial charge on any atom is 0.272 e. The Labute approximate surface area is 209 Å². The summed E-state index contributed by atoms with van der Waals surface area (Å²) in [6.07, 6.45) is 4.51. The van der Waals surface area contributed by atoms with Crippen LogP contribution < -0.4 is 5.32 Å². The van der Waals surface area contributed by atoms with Gasteiger partial charge in [-0.15, -0.1) is 0 Å². The molecule has 2 atom stereocenters. The van der Waals surface area contributed by atoms with Crippen LogP contribution in [-0.4, -0.2) is 83.3 Å². The zero-order valence-corrected chi connectivity index (χ0v) is 20.7. The molecule has 0 spiro atoms. The van der Waals surface area contributed by atoms with E-state index in [1.165, 1.54) is 6.33 Å². The number of halogens is 2. The van der Waals surface area contributed by atoms with Gasteiger partial charge in [0.1, 0.15) is 17.8 Å². The highest BCUT2D eigenvalue weighted by atomic mass is 35.5. The quantitative estimate of drug-likeness (QED) is 0.673. The molecule has 3 saturated heterocycles. The van der Waals surface area contributed by atoms with Gasteiger partial charge < -0.3 is 19.7 Å². The van der Waals surface area contributed by atoms with Crippen molar-refractivity contribution in [2.24, 2.45) is 0 Å². The third-order valence-corrected chi connectivity index (χ3v) is 7.81. The van der Waals surface area contributed by atoms with Crippen molar-refractivity contribution in [3.63, 3.8) is 0 Å². The SMILES string of the molecule is Cc1c(Nc2ccc(Cl)c(Cl)c2)ncnc1C(=O)N1CCC(N2CCO[C@H]3COCC[C@H]32)CC1. The molecule has 0 saturated carbocycles. The third kappa shape index (κ3) is 4.88. The fourth-order valence-electron chi connectivity index (χ4n) is 5.22. The number of hydrogen-bond donors (Lipinski definition) is 1. The molecular formula is C24H29Cl2N5O3. The number of hydrogen-bond acceptors (Lipinski definition) is 7. The predicted molar refractivity (Wildman–Crippen MR) is 131 cm³/mol. The van der Waals surface area contributed by atoms with E-state index in [9.17, 15) is 4.79 Å². The van der Waals surface area contributed by atoms with Crippen LogP contribution in [0.1, 0.15) is 35.3 Å². The minimum absolute atomic E-state index is 0.0542. The minimum atomic E-state index is -0.0542. The molecule has 5 rings (SSSR count). The van der Waals surface area contributed by atoms with Crippen molar-refractivity contribution < 1.29 is 14.3 Å². The molecule has 10 heteroatoms. The lowest BCUT2D eigenvalue weighted by atomic mass is 9.95. The molecule has 182 valence electrons. The molecule has 1 amide bonds. The van der Waals surface area contributed by atoms with Gasteiger partial charge in [0.15, 0.2) is 0 Å². The van der Waals surface area contributed by atoms with Crippen LogP contribution in [0.3, 0.4) is 0 Å². The van der Waals surface area contributed by atoms with Crippen molar-refractivity contribution in [3.8, 4) is 0 Å². The zero-order chi connectivity index (χ0) is 23.7. The summed E-state index contributed by atoms with van der Waals surface area (Å²) in [5.41, 5.74) is 1.87. The number of fused-ring (bicyclic) bond motifs is 1. The molecule has 0 aliphatic carbocycles. The van der Waals surface area contributed by atoms with Crippen LogP contribution >= 0.6 is 23.2 Å². The first-order valence-electron chi connectivity index (χ1n) is 11.8. The van der Waals surface area contributed by atoms with Crippen molar-refractivity contribution in [2.45, 2.75) is 44.4 Å². The topological polar surface area (TPSA) is 79.8 Å². The van der Waals surface area contributed by atoms with Gasteiger partial charge in [0.2, 0.25) is 0 Å². The van der Waals surface area contributed by atoms with Crippen molar-refractivity contribution in [2.75, 3.05) is 44.8 Å². The Kier molecular flexibility index (Phi) is 7.22. The van der Waals surface area contributed by atoms with Crippen LogP contribution in [0.15, 0.2) is 24.5 Å². The number of carbonyl (C=O) groups excluding carboxylic acids is 1. The lowest BCUT2D eigenvalue weighted by molar-refractivity contribution is -0.148. The zero-order valence-electron chi connectivity index (χ0n) is 19.2. The Morgan fingerprint density at radius 1 is 1.09 bits per heavy atom. The van der Waals surface area contributed by atoms with E-state index in [2.05, 4.69) is 20.2 Å². The number of likely N-dealkylation sites (tertiary alicyclic amines) is 1. The molecule has 4 heterocycles. The van der Waals surface area contributed by atoms with Gasteiger partial charge in [-0.05, 0) is 44.4 Å². The second-order valence-electron chi connectivity index (χ2n) is 9.05. The molecule has 0 unspecified atom stereocenters. The number of nitrogens with zero attached hydrogens (tertiary/aromatic N) is 4. The van der Waals surface area contributed by atoms with Crippen molar-refractivity contribution in [1.82, 2.24) is 19.8 Å². The number of rotatable bonds is 4. The van der Waals surface area contributed by atoms with E-state index in [0.29, 0.717) is 58.9 Å². The molecule has 0 radical (unpaired) electrons. The first-order chi connectivity index (χ1) is 16.5. The van der Waals surface area contributed by atoms with Gasteiger partial charge in [-0.25, -0.2) is 9.97 Å². The van der Waals surface area contributed by atoms with Gasteiger partial charge in [-0.1, -0.05) is 23.2 Å². The van der Waals surface area contributed by atoms with Crippen LogP contribution in [0, 0.1) is 6.92 Å². The molecule has 2 aromatic rings. The molecule has 1 N–H and O–H groups in total. The summed E-state index contributed by atoms with van der Waals surface area (Å²) in [5, 5.41) is 4.15. The molecule has 3 fully saturated rings. The van der Waals surface area contributed by atoms with Crippen molar-refractivity contribution >= 4 is 40.6 Å². The van der Waals surface area contributed by atoms with E-state index in [4.69, 9.17) is 32.7 Å². The minimum Gasteiger partial charge on any atom is -0.379 e. The van der Waals surface area contributed by atoms with E-state index in [1.54, 1.807) is 12.1 Å². The maximum absolute atomic E-state index is 13.4. The van der Waals surface area contributed by atoms with E-state index in [-0.39, 0.29) is 12.0 Å². The third-order valence-electron chi connectivity index (χ3n) is 7.07. The summed E-state index contributed by atoms with van der Waals surface area (Å²) in [5.74, 6) is 0.520. The van der Waals surface area contributed by atoms with Gasteiger partial charge >= 0.3 is 0 Å². The van der Waals surface area contributed by atoms with E-state index < -0.39 is 0 Å². The summed E-state index contributed by atoms with van der Waals surface area (Å²) < 4.78 is 11.5. The standard InChI is InChI=1S/C24H29Cl2N5O3/c1-15-22(27-14-28-23(15)29-16-2-3-18(25)19(26)12-16)24(32)30-7-4-17(5-8-30)31-9-11-34-21-13-33-10-6-20(21)31/h2-3,12,14,17,20-21H,4-11,13H2,1H3,(H,27,28,29)/t20-,21+/m1/s1. The molecule has 1 aromatic carbocycles. The molecule has 0 bridgehead atoms. The summed E-state index contributed by atoms with van der Waals surface area (Å²) >= 11 is 12.1. The van der Waals surface area contributed by atoms with Gasteiger partial charge in [-0.3, -0.25) is 9.69 Å². The van der Waals surface area contributed by atoms with Gasteiger partial charge in [0.05, 0.1) is 29.4 Å². The Bertz CT molecular complexity index is 1050. The summed E-state index contributed by atoms with van der Waals surface area (Å²) in [4.78, 5) is 26.5. The smallest absolute Gasteiger partial charge is 0.272 e. The first-order valence-corrected chi connectivity index (χ1v) is 12.5. The lowest BCUT2D eigenvalue weighted by Gasteiger charge is -2.49. The Balaban J connectivity index is 1.24. The Morgan fingerprint density at radius 3 is 2.71 bits per heavy atom. The molecule has 34 heavy (non-hydrogen) atoms. The monoisotopic (exact) mass is 505 g/mol. The van der Waals surface area contributed by atoms with Crippen LogP contribution in [0.25, 0.3) is 0 Å². The first kappa shape index (κ1) is 23.8. The van der Waals surface area contributed by atoms with Crippen molar-refractivity contribution in [1.29, 1.82) is 0 Å². The van der Waals surface area contributed by atoms with Crippen molar-refractivity contribution in [3.05, 3.63) is 45.8 Å². The number of morpholine rings is 1. The molecule has 8 nitrogen and oxygen atoms in total. The second kappa shape index (κ2) is 10.3. The Morgan fingerprint density at radius 2 is 1.91 bits per heavy atom. The average Bonchev–Trinajstić information content (AvgIpc) is 2.87. The summed E-state index contributed by atoms with van der Waals surface area (Å²) in [7, 11) is 0. The van der Waals surface area contributed by atoms with Gasteiger partial charge in [-0.2, -0.15) is 0 Å². The molecule has 1 aromatic heterocycles. The number of anilines is 2. The van der Waals surface area contributed by atoms with Gasteiger partial charge in [0, 0.05) is 49.6 Å². The predicted octanol–water partition coefficient (Wildman–Crippen LogP) is 3.93. The fourth-order valence-corrected chi connectivity index (χ4v) is 5.52. The highest BCUT2D eigenvalue weighted by molar-refractivity contribution is 6.42. The second-order valence-corrected chi connectivity index (χ2v) is 9.87. The van der Waals surface area contributed by atoms with Crippen LogP contribution in [0.5, 0.6) is 0 Å². The van der Waals surface area contributed by atoms with E-state index >= 15 is 0 Å². The number of carbonyl (C=O) groups is 1. The number of nitrogens with one attached hydrogen (secondary N) is 1. The number of amides is 1.